The van der Waals surface area contributed by atoms with Gasteiger partial charge in [0.2, 0.25) is 0 Å². The summed E-state index contributed by atoms with van der Waals surface area (Å²) in [4.78, 5) is 15.1. The van der Waals surface area contributed by atoms with E-state index in [0.717, 1.165) is 43.5 Å². The molecule has 3 rings (SSSR count). The standard InChI is InChI=1S/C17H23NO3.ClH/c1-18-6-4-11(5-7-18)13-8-12-9-15(20-2)16(21-3)10-14(12)17(13)19;/h9-11,13H,4-8H2,1-3H3;1H. The maximum absolute atomic E-state index is 12.7. The molecule has 22 heavy (non-hydrogen) atoms. The van der Waals surface area contributed by atoms with Crippen molar-refractivity contribution in [2.24, 2.45) is 11.8 Å². The fourth-order valence-electron chi connectivity index (χ4n) is 3.66. The summed E-state index contributed by atoms with van der Waals surface area (Å²) >= 11 is 0. The quantitative estimate of drug-likeness (QED) is 0.856. The Kier molecular flexibility index (Phi) is 5.35. The van der Waals surface area contributed by atoms with Gasteiger partial charge in [-0.3, -0.25) is 4.79 Å². The number of carbonyl (C=O) groups is 1. The zero-order valence-corrected chi connectivity index (χ0v) is 14.2. The molecule has 1 aliphatic carbocycles. The van der Waals surface area contributed by atoms with E-state index in [2.05, 4.69) is 11.9 Å². The average molecular weight is 326 g/mol. The van der Waals surface area contributed by atoms with Crippen LogP contribution >= 0.6 is 12.4 Å². The Labute approximate surface area is 138 Å². The van der Waals surface area contributed by atoms with E-state index in [0.29, 0.717) is 23.2 Å². The fraction of sp³-hybridized carbons (Fsp3) is 0.588. The predicted octanol–water partition coefficient (Wildman–Crippen LogP) is 2.82. The second-order valence-electron chi connectivity index (χ2n) is 6.18. The van der Waals surface area contributed by atoms with Crippen LogP contribution in [0.25, 0.3) is 0 Å². The summed E-state index contributed by atoms with van der Waals surface area (Å²) in [6.45, 7) is 2.19. The van der Waals surface area contributed by atoms with Crippen molar-refractivity contribution >= 4 is 18.2 Å². The van der Waals surface area contributed by atoms with Crippen LogP contribution in [0.5, 0.6) is 11.5 Å². The summed E-state index contributed by atoms with van der Waals surface area (Å²) in [7, 11) is 5.39. The van der Waals surface area contributed by atoms with Gasteiger partial charge in [-0.2, -0.15) is 0 Å². The zero-order chi connectivity index (χ0) is 15.0. The van der Waals surface area contributed by atoms with E-state index in [1.807, 2.05) is 12.1 Å². The number of nitrogens with zero attached hydrogens (tertiary/aromatic N) is 1. The minimum atomic E-state index is 0. The molecule has 1 unspecified atom stereocenters. The lowest BCUT2D eigenvalue weighted by atomic mass is 9.82. The van der Waals surface area contributed by atoms with E-state index >= 15 is 0 Å². The summed E-state index contributed by atoms with van der Waals surface area (Å²) in [5.41, 5.74) is 1.94. The Hall–Kier alpha value is -1.26. The Morgan fingerprint density at radius 1 is 1.09 bits per heavy atom. The van der Waals surface area contributed by atoms with Gasteiger partial charge in [0.15, 0.2) is 17.3 Å². The number of halogens is 1. The molecular weight excluding hydrogens is 302 g/mol. The largest absolute Gasteiger partial charge is 0.493 e. The lowest BCUT2D eigenvalue weighted by molar-refractivity contribution is 0.0839. The van der Waals surface area contributed by atoms with Crippen LogP contribution in [0.1, 0.15) is 28.8 Å². The van der Waals surface area contributed by atoms with Gasteiger partial charge in [-0.25, -0.2) is 0 Å². The number of benzene rings is 1. The van der Waals surface area contributed by atoms with Crippen LogP contribution in [0.15, 0.2) is 12.1 Å². The molecule has 0 saturated carbocycles. The summed E-state index contributed by atoms with van der Waals surface area (Å²) in [6, 6.07) is 3.83. The lowest BCUT2D eigenvalue weighted by Crippen LogP contribution is -2.35. The van der Waals surface area contributed by atoms with Gasteiger partial charge in [0.1, 0.15) is 0 Å². The Balaban J connectivity index is 0.00000176. The molecule has 0 spiro atoms. The summed E-state index contributed by atoms with van der Waals surface area (Å²) in [5.74, 6) is 2.31. The molecular formula is C17H24ClNO3. The highest BCUT2D eigenvalue weighted by Gasteiger charge is 2.38. The third-order valence-electron chi connectivity index (χ3n) is 4.98. The number of ether oxygens (including phenoxy) is 2. The molecule has 1 saturated heterocycles. The molecule has 1 atom stereocenters. The Bertz CT molecular complexity index is 553. The van der Waals surface area contributed by atoms with E-state index in [1.165, 1.54) is 0 Å². The van der Waals surface area contributed by atoms with E-state index in [4.69, 9.17) is 9.47 Å². The highest BCUT2D eigenvalue weighted by molar-refractivity contribution is 6.03. The van der Waals surface area contributed by atoms with E-state index in [9.17, 15) is 4.79 Å². The third kappa shape index (κ3) is 2.95. The number of methoxy groups -OCH3 is 2. The van der Waals surface area contributed by atoms with Crippen molar-refractivity contribution in [1.82, 2.24) is 4.90 Å². The molecule has 0 amide bonds. The van der Waals surface area contributed by atoms with Gasteiger partial charge < -0.3 is 14.4 Å². The first-order chi connectivity index (χ1) is 10.1. The van der Waals surface area contributed by atoms with Crippen molar-refractivity contribution in [3.8, 4) is 11.5 Å². The number of hydrogen-bond acceptors (Lipinski definition) is 4. The second kappa shape index (κ2) is 6.88. The van der Waals surface area contributed by atoms with Crippen LogP contribution in [0.4, 0.5) is 0 Å². The van der Waals surface area contributed by atoms with Crippen molar-refractivity contribution in [3.05, 3.63) is 23.3 Å². The van der Waals surface area contributed by atoms with Crippen molar-refractivity contribution in [3.63, 3.8) is 0 Å². The van der Waals surface area contributed by atoms with Gasteiger partial charge >= 0.3 is 0 Å². The number of likely N-dealkylation sites (tertiary alicyclic amines) is 1. The van der Waals surface area contributed by atoms with Gasteiger partial charge in [0.05, 0.1) is 14.2 Å². The van der Waals surface area contributed by atoms with E-state index < -0.39 is 0 Å². The van der Waals surface area contributed by atoms with Gasteiger partial charge in [0, 0.05) is 11.5 Å². The van der Waals surface area contributed by atoms with Gasteiger partial charge in [-0.05, 0) is 63.0 Å². The first kappa shape index (κ1) is 17.1. The van der Waals surface area contributed by atoms with Crippen LogP contribution < -0.4 is 9.47 Å². The fourth-order valence-corrected chi connectivity index (χ4v) is 3.66. The minimum absolute atomic E-state index is 0. The summed E-state index contributed by atoms with van der Waals surface area (Å²) in [5, 5.41) is 0. The van der Waals surface area contributed by atoms with E-state index in [1.54, 1.807) is 14.2 Å². The van der Waals surface area contributed by atoms with Crippen LogP contribution in [-0.2, 0) is 6.42 Å². The molecule has 1 fully saturated rings. The van der Waals surface area contributed by atoms with Crippen molar-refractivity contribution < 1.29 is 14.3 Å². The number of Topliss-reactive ketones (excluding diaryl/α,β-unsaturated/α-hetero) is 1. The number of piperidine rings is 1. The number of carbonyl (C=O) groups excluding carboxylic acids is 1. The molecule has 0 N–H and O–H groups in total. The number of hydrogen-bond donors (Lipinski definition) is 0. The summed E-state index contributed by atoms with van der Waals surface area (Å²) < 4.78 is 10.7. The molecule has 1 aliphatic heterocycles. The maximum atomic E-state index is 12.7. The van der Waals surface area contributed by atoms with Gasteiger partial charge in [0.25, 0.3) is 0 Å². The second-order valence-corrected chi connectivity index (χ2v) is 6.18. The highest BCUT2D eigenvalue weighted by atomic mass is 35.5. The van der Waals surface area contributed by atoms with Crippen molar-refractivity contribution in [1.29, 1.82) is 0 Å². The Morgan fingerprint density at radius 2 is 1.68 bits per heavy atom. The Morgan fingerprint density at radius 3 is 2.27 bits per heavy atom. The zero-order valence-electron chi connectivity index (χ0n) is 13.4. The molecule has 1 aromatic carbocycles. The van der Waals surface area contributed by atoms with Crippen LogP contribution in [0.2, 0.25) is 0 Å². The maximum Gasteiger partial charge on any atom is 0.166 e. The van der Waals surface area contributed by atoms with Crippen LogP contribution in [0.3, 0.4) is 0 Å². The molecule has 2 aliphatic rings. The predicted molar refractivity (Wildman–Crippen MR) is 88.5 cm³/mol. The van der Waals surface area contributed by atoms with Crippen molar-refractivity contribution in [2.75, 3.05) is 34.4 Å². The smallest absolute Gasteiger partial charge is 0.166 e. The monoisotopic (exact) mass is 325 g/mol. The van der Waals surface area contributed by atoms with Crippen molar-refractivity contribution in [2.45, 2.75) is 19.3 Å². The van der Waals surface area contributed by atoms with Crippen LogP contribution in [-0.4, -0.2) is 45.0 Å². The van der Waals surface area contributed by atoms with Gasteiger partial charge in [-0.15, -0.1) is 12.4 Å². The number of fused-ring (bicyclic) bond motifs is 1. The highest BCUT2D eigenvalue weighted by Crippen LogP contribution is 2.40. The molecule has 0 radical (unpaired) electrons. The first-order valence-electron chi connectivity index (χ1n) is 7.61. The van der Waals surface area contributed by atoms with E-state index in [-0.39, 0.29) is 18.3 Å². The SMILES string of the molecule is COc1cc2c(cc1OC)C(=O)C(C1CCN(C)CC1)C2.Cl. The molecule has 1 heterocycles. The lowest BCUT2D eigenvalue weighted by Gasteiger charge is -2.31. The normalized spacial score (nSPS) is 22.1. The molecule has 0 aromatic heterocycles. The van der Waals surface area contributed by atoms with Gasteiger partial charge in [-0.1, -0.05) is 0 Å². The molecule has 5 heteroatoms. The molecule has 1 aromatic rings. The topological polar surface area (TPSA) is 38.8 Å². The molecule has 122 valence electrons. The third-order valence-corrected chi connectivity index (χ3v) is 4.98. The molecule has 4 nitrogen and oxygen atoms in total. The average Bonchev–Trinajstić information content (AvgIpc) is 2.83. The first-order valence-corrected chi connectivity index (χ1v) is 7.61. The van der Waals surface area contributed by atoms with Crippen LogP contribution in [0, 0.1) is 11.8 Å². The summed E-state index contributed by atoms with van der Waals surface area (Å²) in [6.07, 6.45) is 3.09. The minimum Gasteiger partial charge on any atom is -0.493 e. The number of ketones is 1. The number of rotatable bonds is 3. The molecule has 0 bridgehead atoms.